The predicted molar refractivity (Wildman–Crippen MR) is 71.7 cm³/mol. The molecule has 2 nitrogen and oxygen atoms in total. The van der Waals surface area contributed by atoms with Crippen LogP contribution >= 0.6 is 0 Å². The summed E-state index contributed by atoms with van der Waals surface area (Å²) in [4.78, 5) is 0. The highest BCUT2D eigenvalue weighted by atomic mass is 32.3. The van der Waals surface area contributed by atoms with E-state index in [2.05, 4.69) is 0 Å². The van der Waals surface area contributed by atoms with Crippen LogP contribution in [0.4, 0.5) is 17.1 Å². The lowest BCUT2D eigenvalue weighted by atomic mass is 9.99. The van der Waals surface area contributed by atoms with Gasteiger partial charge in [0, 0.05) is 0 Å². The molecule has 1 aromatic rings. The summed E-state index contributed by atoms with van der Waals surface area (Å²) in [6.45, 7) is 0. The first-order chi connectivity index (χ1) is 9.69. The standard InChI is InChI=1S/C14H14F4O2S/c15-14(16,17)11-8-6-10(7-9-11)12-4-2-1-3-5-13(12)21(18,19)20/h4,6-9,13H,1-3,5H2. The van der Waals surface area contributed by atoms with Crippen molar-refractivity contribution >= 4 is 15.8 Å². The first-order valence-corrected chi connectivity index (χ1v) is 7.95. The topological polar surface area (TPSA) is 34.1 Å². The number of rotatable bonds is 2. The highest BCUT2D eigenvalue weighted by molar-refractivity contribution is 7.87. The molecule has 1 atom stereocenters. The van der Waals surface area contributed by atoms with Gasteiger partial charge < -0.3 is 0 Å². The lowest BCUT2D eigenvalue weighted by molar-refractivity contribution is -0.137. The number of benzene rings is 1. The van der Waals surface area contributed by atoms with Crippen molar-refractivity contribution in [3.63, 3.8) is 0 Å². The maximum atomic E-state index is 13.4. The highest BCUT2D eigenvalue weighted by Crippen LogP contribution is 2.34. The van der Waals surface area contributed by atoms with Crippen molar-refractivity contribution in [3.8, 4) is 0 Å². The fourth-order valence-electron chi connectivity index (χ4n) is 2.47. The molecule has 116 valence electrons. The molecule has 0 aromatic heterocycles. The third-order valence-corrected chi connectivity index (χ3v) is 4.69. The van der Waals surface area contributed by atoms with Crippen LogP contribution in [0.3, 0.4) is 0 Å². The van der Waals surface area contributed by atoms with Crippen LogP contribution in [0.5, 0.6) is 0 Å². The summed E-state index contributed by atoms with van der Waals surface area (Å²) in [5.74, 6) is 0. The highest BCUT2D eigenvalue weighted by Gasteiger charge is 2.32. The number of allylic oxidation sites excluding steroid dienone is 1. The maximum absolute atomic E-state index is 13.4. The van der Waals surface area contributed by atoms with Crippen LogP contribution in [0.1, 0.15) is 36.8 Å². The second kappa shape index (κ2) is 5.79. The van der Waals surface area contributed by atoms with Gasteiger partial charge in [-0.05, 0) is 42.5 Å². The van der Waals surface area contributed by atoms with E-state index in [0.717, 1.165) is 18.6 Å². The van der Waals surface area contributed by atoms with Gasteiger partial charge in [0.05, 0.1) is 5.56 Å². The van der Waals surface area contributed by atoms with E-state index in [0.29, 0.717) is 18.4 Å². The Morgan fingerprint density at radius 3 is 2.19 bits per heavy atom. The second-order valence-electron chi connectivity index (χ2n) is 4.98. The van der Waals surface area contributed by atoms with Crippen LogP contribution in [0.25, 0.3) is 5.57 Å². The molecule has 1 aliphatic rings. The molecule has 0 aliphatic heterocycles. The van der Waals surface area contributed by atoms with E-state index >= 15 is 0 Å². The van der Waals surface area contributed by atoms with Crippen molar-refractivity contribution in [2.45, 2.75) is 37.1 Å². The molecule has 1 aromatic carbocycles. The van der Waals surface area contributed by atoms with Crippen molar-refractivity contribution in [3.05, 3.63) is 41.5 Å². The molecular formula is C14H14F4O2S. The quantitative estimate of drug-likeness (QED) is 0.600. The molecule has 21 heavy (non-hydrogen) atoms. The lowest BCUT2D eigenvalue weighted by Crippen LogP contribution is -2.18. The van der Waals surface area contributed by atoms with Crippen LogP contribution in [-0.2, 0) is 16.4 Å². The third-order valence-electron chi connectivity index (χ3n) is 3.52. The molecule has 2 rings (SSSR count). The molecule has 1 aliphatic carbocycles. The van der Waals surface area contributed by atoms with E-state index in [-0.39, 0.29) is 12.0 Å². The first kappa shape index (κ1) is 16.0. The molecule has 0 N–H and O–H groups in total. The van der Waals surface area contributed by atoms with Gasteiger partial charge in [0.25, 0.3) is 0 Å². The van der Waals surface area contributed by atoms with Gasteiger partial charge in [0.1, 0.15) is 5.25 Å². The summed E-state index contributed by atoms with van der Waals surface area (Å²) in [6.07, 6.45) is -0.821. The lowest BCUT2D eigenvalue weighted by Gasteiger charge is -2.16. The maximum Gasteiger partial charge on any atom is 0.416 e. The molecule has 0 fully saturated rings. The minimum absolute atomic E-state index is 0.145. The zero-order valence-electron chi connectivity index (χ0n) is 11.0. The van der Waals surface area contributed by atoms with Crippen LogP contribution in [0.15, 0.2) is 30.3 Å². The second-order valence-corrected chi connectivity index (χ2v) is 6.50. The summed E-state index contributed by atoms with van der Waals surface area (Å²) in [7, 11) is -4.78. The molecule has 7 heteroatoms. The number of hydrogen-bond acceptors (Lipinski definition) is 2. The summed E-state index contributed by atoms with van der Waals surface area (Å²) in [6, 6.07) is 4.14. The molecule has 0 radical (unpaired) electrons. The number of alkyl halides is 3. The van der Waals surface area contributed by atoms with Crippen LogP contribution in [0, 0.1) is 0 Å². The fraction of sp³-hybridized carbons (Fsp3) is 0.429. The molecule has 1 unspecified atom stereocenters. The zero-order chi connectivity index (χ0) is 15.7. The molecule has 0 heterocycles. The van der Waals surface area contributed by atoms with E-state index in [4.69, 9.17) is 0 Å². The molecular weight excluding hydrogens is 308 g/mol. The largest absolute Gasteiger partial charge is 0.416 e. The van der Waals surface area contributed by atoms with Crippen LogP contribution in [-0.4, -0.2) is 13.7 Å². The smallest absolute Gasteiger partial charge is 0.194 e. The van der Waals surface area contributed by atoms with Gasteiger partial charge in [-0.1, -0.05) is 24.6 Å². The Hall–Kier alpha value is -1.37. The van der Waals surface area contributed by atoms with Crippen molar-refractivity contribution in [1.82, 2.24) is 0 Å². The molecule has 0 spiro atoms. The first-order valence-electron chi connectivity index (χ1n) is 6.51. The van der Waals surface area contributed by atoms with E-state index in [1.807, 2.05) is 0 Å². The van der Waals surface area contributed by atoms with Gasteiger partial charge in [-0.2, -0.15) is 21.6 Å². The van der Waals surface area contributed by atoms with Gasteiger partial charge in [-0.15, -0.1) is 3.89 Å². The summed E-state index contributed by atoms with van der Waals surface area (Å²) >= 11 is 0. The van der Waals surface area contributed by atoms with Crippen molar-refractivity contribution < 1.29 is 25.5 Å². The fourth-order valence-corrected chi connectivity index (χ4v) is 3.45. The molecule has 0 saturated carbocycles. The van der Waals surface area contributed by atoms with Crippen molar-refractivity contribution in [2.24, 2.45) is 0 Å². The monoisotopic (exact) mass is 322 g/mol. The minimum Gasteiger partial charge on any atom is -0.194 e. The van der Waals surface area contributed by atoms with Crippen LogP contribution < -0.4 is 0 Å². The van der Waals surface area contributed by atoms with E-state index in [1.165, 1.54) is 12.1 Å². The normalized spacial score (nSPS) is 20.8. The summed E-state index contributed by atoms with van der Waals surface area (Å²) < 4.78 is 73.5. The minimum atomic E-state index is -4.78. The summed E-state index contributed by atoms with van der Waals surface area (Å²) in [5, 5.41) is -1.29. The van der Waals surface area contributed by atoms with E-state index < -0.39 is 27.2 Å². The van der Waals surface area contributed by atoms with Gasteiger partial charge >= 0.3 is 16.4 Å². The Labute approximate surface area is 120 Å². The van der Waals surface area contributed by atoms with Crippen molar-refractivity contribution in [2.75, 3.05) is 0 Å². The van der Waals surface area contributed by atoms with Gasteiger partial charge in [0.15, 0.2) is 0 Å². The Kier molecular flexibility index (Phi) is 4.41. The van der Waals surface area contributed by atoms with E-state index in [1.54, 1.807) is 6.08 Å². The average molecular weight is 322 g/mol. The van der Waals surface area contributed by atoms with Crippen LogP contribution in [0.2, 0.25) is 0 Å². The number of hydrogen-bond donors (Lipinski definition) is 0. The molecule has 0 amide bonds. The molecule has 0 saturated heterocycles. The zero-order valence-corrected chi connectivity index (χ0v) is 11.8. The van der Waals surface area contributed by atoms with Gasteiger partial charge in [-0.25, -0.2) is 0 Å². The Balaban J connectivity index is 2.40. The summed E-state index contributed by atoms with van der Waals surface area (Å²) in [5.41, 5.74) is -0.250. The Bertz CT molecular complexity index is 630. The van der Waals surface area contributed by atoms with Gasteiger partial charge in [0.2, 0.25) is 0 Å². The SMILES string of the molecule is O=S(=O)(F)C1CCCCC=C1c1ccc(C(F)(F)F)cc1. The van der Waals surface area contributed by atoms with Gasteiger partial charge in [-0.3, -0.25) is 0 Å². The predicted octanol–water partition coefficient (Wildman–Crippen LogP) is 4.33. The molecule has 0 bridgehead atoms. The van der Waals surface area contributed by atoms with Crippen molar-refractivity contribution in [1.29, 1.82) is 0 Å². The van der Waals surface area contributed by atoms with E-state index in [9.17, 15) is 25.5 Å². The third kappa shape index (κ3) is 3.84. The Morgan fingerprint density at radius 1 is 1.05 bits per heavy atom. The average Bonchev–Trinajstić information content (AvgIpc) is 2.63. The number of halogens is 4. The Morgan fingerprint density at radius 2 is 1.67 bits per heavy atom.